The zero-order valence-electron chi connectivity index (χ0n) is 18.7. The predicted octanol–water partition coefficient (Wildman–Crippen LogP) is 6.40. The maximum Gasteiger partial charge on any atom is 0.416 e. The number of nitrogens with zero attached hydrogens (tertiary/aromatic N) is 1. The van der Waals surface area contributed by atoms with E-state index >= 15 is 0 Å². The molecule has 0 aliphatic carbocycles. The summed E-state index contributed by atoms with van der Waals surface area (Å²) in [5, 5.41) is 2.34. The minimum Gasteiger partial charge on any atom is -0.486 e. The van der Waals surface area contributed by atoms with Gasteiger partial charge in [0.25, 0.3) is 0 Å². The Hall–Kier alpha value is -3.19. The highest BCUT2D eigenvalue weighted by Gasteiger charge is 2.36. The van der Waals surface area contributed by atoms with Crippen molar-refractivity contribution in [1.29, 1.82) is 0 Å². The maximum atomic E-state index is 13.4. The van der Waals surface area contributed by atoms with Crippen LogP contribution in [0.25, 0.3) is 10.9 Å². The summed E-state index contributed by atoms with van der Waals surface area (Å²) in [4.78, 5) is 18.7. The van der Waals surface area contributed by atoms with Crippen LogP contribution in [0.1, 0.15) is 22.9 Å². The molecule has 0 unspecified atom stereocenters. The van der Waals surface area contributed by atoms with Crippen LogP contribution in [0.3, 0.4) is 0 Å². The first kappa shape index (κ1) is 22.3. The van der Waals surface area contributed by atoms with Gasteiger partial charge in [-0.05, 0) is 72.1 Å². The van der Waals surface area contributed by atoms with E-state index in [0.717, 1.165) is 33.5 Å². The molecule has 35 heavy (non-hydrogen) atoms. The normalized spacial score (nSPS) is 17.7. The van der Waals surface area contributed by atoms with Gasteiger partial charge in [0.2, 0.25) is 0 Å². The van der Waals surface area contributed by atoms with Crippen LogP contribution < -0.4 is 9.47 Å². The molecule has 0 saturated carbocycles. The molecule has 3 aromatic carbocycles. The second kappa shape index (κ2) is 9.11. The Balaban J connectivity index is 1.37. The lowest BCUT2D eigenvalue weighted by molar-refractivity contribution is -0.0796. The molecular formula is C27H22Cl2N2O4. The van der Waals surface area contributed by atoms with Crippen molar-refractivity contribution in [3.8, 4) is 11.5 Å². The lowest BCUT2D eigenvalue weighted by Gasteiger charge is -2.35. The van der Waals surface area contributed by atoms with Gasteiger partial charge in [-0.3, -0.25) is 4.90 Å². The average Bonchev–Trinajstić information content (AvgIpc) is 3.20. The van der Waals surface area contributed by atoms with Gasteiger partial charge in [-0.25, -0.2) is 4.79 Å². The van der Waals surface area contributed by atoms with Crippen LogP contribution in [-0.2, 0) is 11.2 Å². The summed E-state index contributed by atoms with van der Waals surface area (Å²) in [7, 11) is 0. The second-order valence-corrected chi connectivity index (χ2v) is 9.59. The number of aromatic amines is 1. The summed E-state index contributed by atoms with van der Waals surface area (Å²) in [6, 6.07) is 20.1. The predicted molar refractivity (Wildman–Crippen MR) is 135 cm³/mol. The Morgan fingerprint density at radius 2 is 1.66 bits per heavy atom. The molecule has 0 radical (unpaired) electrons. The first-order valence-electron chi connectivity index (χ1n) is 11.4. The van der Waals surface area contributed by atoms with Crippen LogP contribution in [0.4, 0.5) is 4.79 Å². The summed E-state index contributed by atoms with van der Waals surface area (Å²) in [5.74, 6) is 1.22. The molecule has 6 rings (SSSR count). The highest BCUT2D eigenvalue weighted by molar-refractivity contribution is 6.31. The highest BCUT2D eigenvalue weighted by Crippen LogP contribution is 2.40. The summed E-state index contributed by atoms with van der Waals surface area (Å²) >= 11 is 12.3. The van der Waals surface area contributed by atoms with Crippen LogP contribution in [0.2, 0.25) is 10.0 Å². The fraction of sp³-hybridized carbons (Fsp3) is 0.222. The molecule has 3 heterocycles. The van der Waals surface area contributed by atoms with E-state index in [9.17, 15) is 4.79 Å². The van der Waals surface area contributed by atoms with Crippen LogP contribution in [0, 0.1) is 0 Å². The molecule has 1 fully saturated rings. The molecule has 8 heteroatoms. The highest BCUT2D eigenvalue weighted by atomic mass is 35.5. The Kier molecular flexibility index (Phi) is 5.80. The number of amides is 1. The minimum absolute atomic E-state index is 0.0893. The van der Waals surface area contributed by atoms with E-state index in [0.29, 0.717) is 42.0 Å². The molecule has 1 aromatic heterocycles. The quantitative estimate of drug-likeness (QED) is 0.346. The Morgan fingerprint density at radius 1 is 0.943 bits per heavy atom. The Labute approximate surface area is 212 Å². The number of hydrogen-bond acceptors (Lipinski definition) is 4. The number of carbonyl (C=O) groups is 1. The van der Waals surface area contributed by atoms with E-state index in [1.807, 2.05) is 42.5 Å². The molecular weight excluding hydrogens is 487 g/mol. The Bertz CT molecular complexity index is 1380. The van der Waals surface area contributed by atoms with Gasteiger partial charge >= 0.3 is 6.09 Å². The standard InChI is InChI=1S/C27H22Cl2N2O4/c28-17-3-8-20(9-4-17)35-27(32)31-12-11-22-23-13-18(29)5-10-24(23)30-25(22)26(31)16-1-6-19(7-2-16)34-21-14-33-15-21/h1-10,13,21,26,30H,11-12,14-15H2/t26-/m0/s1. The molecule has 1 amide bonds. The molecule has 0 spiro atoms. The molecule has 2 aliphatic rings. The van der Waals surface area contributed by atoms with Crippen LogP contribution in [0.5, 0.6) is 11.5 Å². The van der Waals surface area contributed by atoms with Crippen molar-refractivity contribution in [3.63, 3.8) is 0 Å². The number of benzene rings is 3. The number of aromatic nitrogens is 1. The third kappa shape index (κ3) is 4.33. The van der Waals surface area contributed by atoms with Gasteiger partial charge in [-0.15, -0.1) is 0 Å². The fourth-order valence-corrected chi connectivity index (χ4v) is 4.97. The van der Waals surface area contributed by atoms with E-state index < -0.39 is 6.09 Å². The summed E-state index contributed by atoms with van der Waals surface area (Å²) in [5.41, 5.74) is 4.06. The maximum absolute atomic E-state index is 13.4. The van der Waals surface area contributed by atoms with E-state index in [1.165, 1.54) is 0 Å². The molecule has 0 bridgehead atoms. The third-order valence-electron chi connectivity index (χ3n) is 6.45. The molecule has 4 aromatic rings. The smallest absolute Gasteiger partial charge is 0.416 e. The van der Waals surface area contributed by atoms with Crippen LogP contribution in [0.15, 0.2) is 66.7 Å². The molecule has 1 saturated heterocycles. The molecule has 1 atom stereocenters. The van der Waals surface area contributed by atoms with Gasteiger partial charge in [0, 0.05) is 33.2 Å². The lowest BCUT2D eigenvalue weighted by atomic mass is 9.92. The zero-order chi connectivity index (χ0) is 23.9. The number of rotatable bonds is 4. The van der Waals surface area contributed by atoms with Crippen molar-refractivity contribution < 1.29 is 19.0 Å². The van der Waals surface area contributed by atoms with Gasteiger partial charge < -0.3 is 19.2 Å². The minimum atomic E-state index is -0.424. The van der Waals surface area contributed by atoms with Crippen molar-refractivity contribution in [2.75, 3.05) is 19.8 Å². The van der Waals surface area contributed by atoms with Gasteiger partial charge in [0.1, 0.15) is 23.6 Å². The van der Waals surface area contributed by atoms with Crippen molar-refractivity contribution in [1.82, 2.24) is 9.88 Å². The van der Waals surface area contributed by atoms with Gasteiger partial charge in [-0.1, -0.05) is 35.3 Å². The van der Waals surface area contributed by atoms with Crippen molar-refractivity contribution in [3.05, 3.63) is 93.6 Å². The lowest BCUT2D eigenvalue weighted by Crippen LogP contribution is -2.42. The average molecular weight is 509 g/mol. The van der Waals surface area contributed by atoms with Gasteiger partial charge in [0.15, 0.2) is 0 Å². The SMILES string of the molecule is O=C(Oc1ccc(Cl)cc1)N1CCc2c([nH]c3ccc(Cl)cc23)[C@@H]1c1ccc(OC2COC2)cc1. The number of ether oxygens (including phenoxy) is 3. The number of hydrogen-bond donors (Lipinski definition) is 1. The van der Waals surface area contributed by atoms with Crippen LogP contribution in [-0.4, -0.2) is 41.8 Å². The van der Waals surface area contributed by atoms with Gasteiger partial charge in [0.05, 0.1) is 13.2 Å². The van der Waals surface area contributed by atoms with E-state index in [-0.39, 0.29) is 12.1 Å². The number of carbonyl (C=O) groups excluding carboxylic acids is 1. The number of nitrogens with one attached hydrogen (secondary N) is 1. The van der Waals surface area contributed by atoms with Crippen molar-refractivity contribution in [2.24, 2.45) is 0 Å². The summed E-state index contributed by atoms with van der Waals surface area (Å²) in [6.45, 7) is 1.71. The van der Waals surface area contributed by atoms with E-state index in [2.05, 4.69) is 4.98 Å². The molecule has 6 nitrogen and oxygen atoms in total. The van der Waals surface area contributed by atoms with Crippen molar-refractivity contribution in [2.45, 2.75) is 18.6 Å². The third-order valence-corrected chi connectivity index (χ3v) is 6.94. The van der Waals surface area contributed by atoms with Crippen molar-refractivity contribution >= 4 is 40.2 Å². The second-order valence-electron chi connectivity index (χ2n) is 8.72. The van der Waals surface area contributed by atoms with Gasteiger partial charge in [-0.2, -0.15) is 0 Å². The molecule has 1 N–H and O–H groups in total. The van der Waals surface area contributed by atoms with E-state index in [4.69, 9.17) is 37.4 Å². The zero-order valence-corrected chi connectivity index (χ0v) is 20.2. The number of fused-ring (bicyclic) bond motifs is 3. The monoisotopic (exact) mass is 508 g/mol. The van der Waals surface area contributed by atoms with E-state index in [1.54, 1.807) is 29.2 Å². The number of H-pyrrole nitrogens is 1. The first-order valence-corrected chi connectivity index (χ1v) is 12.2. The summed E-state index contributed by atoms with van der Waals surface area (Å²) in [6.07, 6.45) is 0.350. The first-order chi connectivity index (χ1) is 17.0. The van der Waals surface area contributed by atoms with Crippen LogP contribution >= 0.6 is 23.2 Å². The molecule has 178 valence electrons. The fourth-order valence-electron chi connectivity index (χ4n) is 4.67. The molecule has 2 aliphatic heterocycles. The topological polar surface area (TPSA) is 63.8 Å². The number of halogens is 2. The summed E-state index contributed by atoms with van der Waals surface area (Å²) < 4.78 is 16.8. The Morgan fingerprint density at radius 3 is 2.37 bits per heavy atom. The largest absolute Gasteiger partial charge is 0.486 e.